The fraction of sp³-hybridized carbons (Fsp3) is 0.944. The van der Waals surface area contributed by atoms with Crippen LogP contribution in [0.1, 0.15) is 201 Å². The zero-order valence-electron chi connectivity index (χ0n) is 26.8. The SMILES string of the molecule is CCCCCCCCCCCCCCCCCCC1N(CCCCCCC)C=CN1CCCCCCCC. The first-order chi connectivity index (χ1) is 18.8. The third kappa shape index (κ3) is 20.3. The van der Waals surface area contributed by atoms with Crippen LogP contribution >= 0.6 is 0 Å². The Morgan fingerprint density at radius 2 is 0.605 bits per heavy atom. The van der Waals surface area contributed by atoms with Gasteiger partial charge >= 0.3 is 0 Å². The quantitative estimate of drug-likeness (QED) is 0.0848. The van der Waals surface area contributed by atoms with Gasteiger partial charge in [0.25, 0.3) is 0 Å². The van der Waals surface area contributed by atoms with Gasteiger partial charge in [0.1, 0.15) is 6.17 Å². The van der Waals surface area contributed by atoms with Crippen molar-refractivity contribution in [1.82, 2.24) is 9.80 Å². The van der Waals surface area contributed by atoms with Gasteiger partial charge in [0.15, 0.2) is 0 Å². The summed E-state index contributed by atoms with van der Waals surface area (Å²) < 4.78 is 0. The Morgan fingerprint density at radius 3 is 0.921 bits per heavy atom. The number of hydrogen-bond donors (Lipinski definition) is 0. The van der Waals surface area contributed by atoms with Crippen LogP contribution in [-0.2, 0) is 0 Å². The molecule has 2 heteroatoms. The van der Waals surface area contributed by atoms with E-state index in [1.807, 2.05) is 0 Å². The zero-order valence-corrected chi connectivity index (χ0v) is 26.8. The highest BCUT2D eigenvalue weighted by molar-refractivity contribution is 4.97. The average molecular weight is 533 g/mol. The summed E-state index contributed by atoms with van der Waals surface area (Å²) in [5.41, 5.74) is 0. The predicted octanol–water partition coefficient (Wildman–Crippen LogP) is 12.4. The molecule has 0 saturated carbocycles. The van der Waals surface area contributed by atoms with Crippen LogP contribution in [0.4, 0.5) is 0 Å². The van der Waals surface area contributed by atoms with Gasteiger partial charge in [0.2, 0.25) is 0 Å². The lowest BCUT2D eigenvalue weighted by Gasteiger charge is -2.33. The highest BCUT2D eigenvalue weighted by Crippen LogP contribution is 2.24. The largest absolute Gasteiger partial charge is 0.356 e. The van der Waals surface area contributed by atoms with Crippen molar-refractivity contribution in [2.75, 3.05) is 13.1 Å². The van der Waals surface area contributed by atoms with Crippen molar-refractivity contribution < 1.29 is 0 Å². The maximum atomic E-state index is 2.69. The molecule has 1 unspecified atom stereocenters. The van der Waals surface area contributed by atoms with Crippen LogP contribution < -0.4 is 0 Å². The molecule has 0 N–H and O–H groups in total. The van der Waals surface area contributed by atoms with Crippen LogP contribution in [0.25, 0.3) is 0 Å². The second kappa shape index (κ2) is 27.9. The van der Waals surface area contributed by atoms with Gasteiger partial charge in [0, 0.05) is 25.5 Å². The normalized spacial score (nSPS) is 15.3. The van der Waals surface area contributed by atoms with Crippen molar-refractivity contribution in [2.24, 2.45) is 0 Å². The first-order valence-corrected chi connectivity index (χ1v) is 18.0. The molecule has 0 aromatic heterocycles. The first kappa shape index (κ1) is 35.4. The summed E-state index contributed by atoms with van der Waals surface area (Å²) in [5.74, 6) is 0. The monoisotopic (exact) mass is 533 g/mol. The minimum atomic E-state index is 0.642. The summed E-state index contributed by atoms with van der Waals surface area (Å²) in [6.07, 6.45) is 45.5. The van der Waals surface area contributed by atoms with Gasteiger partial charge < -0.3 is 9.80 Å². The van der Waals surface area contributed by atoms with Gasteiger partial charge in [-0.1, -0.05) is 175 Å². The van der Waals surface area contributed by atoms with Crippen LogP contribution in [0.3, 0.4) is 0 Å². The van der Waals surface area contributed by atoms with Gasteiger partial charge in [-0.2, -0.15) is 0 Å². The third-order valence-corrected chi connectivity index (χ3v) is 8.82. The highest BCUT2D eigenvalue weighted by atomic mass is 15.4. The van der Waals surface area contributed by atoms with Crippen LogP contribution in [0.15, 0.2) is 12.4 Å². The van der Waals surface area contributed by atoms with E-state index < -0.39 is 0 Å². The molecule has 1 atom stereocenters. The van der Waals surface area contributed by atoms with Crippen LogP contribution in [0.2, 0.25) is 0 Å². The summed E-state index contributed by atoms with van der Waals surface area (Å²) in [4.78, 5) is 5.38. The molecule has 1 aliphatic rings. The van der Waals surface area contributed by atoms with E-state index in [2.05, 4.69) is 43.0 Å². The molecule has 1 heterocycles. The molecular weight excluding hydrogens is 460 g/mol. The molecule has 226 valence electrons. The van der Waals surface area contributed by atoms with Crippen molar-refractivity contribution in [3.63, 3.8) is 0 Å². The summed E-state index contributed by atoms with van der Waals surface area (Å²) in [7, 11) is 0. The Kier molecular flexibility index (Phi) is 26.0. The molecular formula is C36H72N2. The third-order valence-electron chi connectivity index (χ3n) is 8.82. The Bertz CT molecular complexity index is 488. The molecule has 0 aromatic rings. The Hall–Kier alpha value is -0.660. The minimum absolute atomic E-state index is 0.642. The number of nitrogens with zero attached hydrogens (tertiary/aromatic N) is 2. The number of unbranched alkanes of at least 4 members (excludes halogenated alkanes) is 24. The van der Waals surface area contributed by atoms with Gasteiger partial charge in [-0.05, 0) is 25.7 Å². The van der Waals surface area contributed by atoms with E-state index in [0.717, 1.165) is 0 Å². The van der Waals surface area contributed by atoms with Crippen LogP contribution in [0.5, 0.6) is 0 Å². The smallest absolute Gasteiger partial charge is 0.101 e. The van der Waals surface area contributed by atoms with Crippen molar-refractivity contribution in [1.29, 1.82) is 0 Å². The van der Waals surface area contributed by atoms with E-state index in [4.69, 9.17) is 0 Å². The molecule has 0 radical (unpaired) electrons. The molecule has 0 saturated heterocycles. The zero-order chi connectivity index (χ0) is 27.4. The number of rotatable bonds is 30. The summed E-state index contributed by atoms with van der Waals surface area (Å²) >= 11 is 0. The fourth-order valence-electron chi connectivity index (χ4n) is 6.19. The van der Waals surface area contributed by atoms with Crippen molar-refractivity contribution in [3.8, 4) is 0 Å². The van der Waals surface area contributed by atoms with Gasteiger partial charge in [-0.25, -0.2) is 0 Å². The van der Waals surface area contributed by atoms with Crippen molar-refractivity contribution in [2.45, 2.75) is 207 Å². The fourth-order valence-corrected chi connectivity index (χ4v) is 6.19. The van der Waals surface area contributed by atoms with E-state index in [1.165, 1.54) is 193 Å². The van der Waals surface area contributed by atoms with Crippen molar-refractivity contribution >= 4 is 0 Å². The summed E-state index contributed by atoms with van der Waals surface area (Å²) in [5, 5.41) is 0. The van der Waals surface area contributed by atoms with E-state index >= 15 is 0 Å². The lowest BCUT2D eigenvalue weighted by molar-refractivity contribution is 0.135. The van der Waals surface area contributed by atoms with E-state index in [-0.39, 0.29) is 0 Å². The molecule has 0 amide bonds. The Labute approximate surface area is 241 Å². The van der Waals surface area contributed by atoms with E-state index in [0.29, 0.717) is 6.17 Å². The maximum absolute atomic E-state index is 2.69. The molecule has 0 aromatic carbocycles. The average Bonchev–Trinajstić information content (AvgIpc) is 3.31. The first-order valence-electron chi connectivity index (χ1n) is 18.0. The Morgan fingerprint density at radius 1 is 0.342 bits per heavy atom. The van der Waals surface area contributed by atoms with E-state index in [9.17, 15) is 0 Å². The molecule has 0 fully saturated rings. The van der Waals surface area contributed by atoms with Gasteiger partial charge in [-0.15, -0.1) is 0 Å². The maximum Gasteiger partial charge on any atom is 0.101 e. The summed E-state index contributed by atoms with van der Waals surface area (Å²) in [6.45, 7) is 9.46. The standard InChI is InChI=1S/C36H72N2/c1-4-7-10-13-15-16-17-18-19-20-21-22-23-24-25-28-31-36-37(32-29-26-12-9-6-3)34-35-38(36)33-30-27-14-11-8-5-2/h34-36H,4-33H2,1-3H3. The van der Waals surface area contributed by atoms with E-state index in [1.54, 1.807) is 0 Å². The molecule has 1 aliphatic heterocycles. The second-order valence-corrected chi connectivity index (χ2v) is 12.5. The molecule has 0 spiro atoms. The second-order valence-electron chi connectivity index (χ2n) is 12.5. The number of hydrogen-bond acceptors (Lipinski definition) is 2. The molecule has 1 rings (SSSR count). The van der Waals surface area contributed by atoms with Gasteiger partial charge in [0.05, 0.1) is 0 Å². The molecule has 2 nitrogen and oxygen atoms in total. The van der Waals surface area contributed by atoms with Crippen molar-refractivity contribution in [3.05, 3.63) is 12.4 Å². The van der Waals surface area contributed by atoms with Gasteiger partial charge in [-0.3, -0.25) is 0 Å². The minimum Gasteiger partial charge on any atom is -0.356 e. The lowest BCUT2D eigenvalue weighted by atomic mass is 10.0. The highest BCUT2D eigenvalue weighted by Gasteiger charge is 2.24. The van der Waals surface area contributed by atoms with Crippen LogP contribution in [0, 0.1) is 0 Å². The lowest BCUT2D eigenvalue weighted by Crippen LogP contribution is -2.39. The predicted molar refractivity (Wildman–Crippen MR) is 173 cm³/mol. The molecule has 0 bridgehead atoms. The Balaban J connectivity index is 2.11. The van der Waals surface area contributed by atoms with Crippen LogP contribution in [-0.4, -0.2) is 29.1 Å². The summed E-state index contributed by atoms with van der Waals surface area (Å²) in [6, 6.07) is 0. The molecule has 38 heavy (non-hydrogen) atoms. The molecule has 0 aliphatic carbocycles. The topological polar surface area (TPSA) is 6.48 Å².